The fourth-order valence-electron chi connectivity index (χ4n) is 2.94. The Balaban J connectivity index is 2.33. The normalized spacial score (nSPS) is 16.0. The monoisotopic (exact) mass is 344 g/mol. The van der Waals surface area contributed by atoms with Crippen molar-refractivity contribution in [2.24, 2.45) is 11.3 Å². The van der Waals surface area contributed by atoms with E-state index in [1.165, 1.54) is 0 Å². The van der Waals surface area contributed by atoms with Gasteiger partial charge in [0.2, 0.25) is 11.8 Å². The molecule has 0 unspecified atom stereocenters. The second-order valence-corrected chi connectivity index (χ2v) is 7.06. The van der Waals surface area contributed by atoms with Gasteiger partial charge < -0.3 is 15.0 Å². The van der Waals surface area contributed by atoms with E-state index in [0.29, 0.717) is 23.7 Å². The van der Waals surface area contributed by atoms with Crippen LogP contribution in [0, 0.1) is 11.3 Å². The maximum atomic E-state index is 12.8. The topological polar surface area (TPSA) is 58.6 Å². The van der Waals surface area contributed by atoms with Crippen LogP contribution in [0.25, 0.3) is 0 Å². The Hall–Kier alpha value is -2.30. The number of hydrogen-bond acceptors (Lipinski definition) is 3. The van der Waals surface area contributed by atoms with Crippen molar-refractivity contribution in [1.29, 1.82) is 0 Å². The first kappa shape index (κ1) is 19.0. The number of ether oxygens (including phenoxy) is 1. The molecule has 1 N–H and O–H groups in total. The van der Waals surface area contributed by atoms with Gasteiger partial charge in [-0.25, -0.2) is 0 Å². The Morgan fingerprint density at radius 1 is 1.40 bits per heavy atom. The molecule has 0 aliphatic carbocycles. The standard InChI is InChI=1S/C20H28N2O3/c1-6-11-22-16-10-9-15(21-18(23)14(7-2)8-3)12-17(16)25-13-20(4,5)19(22)24/h6,9-10,12,14H,1,7-8,11,13H2,2-5H3,(H,21,23). The summed E-state index contributed by atoms with van der Waals surface area (Å²) >= 11 is 0. The molecule has 0 spiro atoms. The Morgan fingerprint density at radius 3 is 2.68 bits per heavy atom. The number of nitrogens with zero attached hydrogens (tertiary/aromatic N) is 1. The number of benzene rings is 1. The molecule has 1 aromatic rings. The molecular weight excluding hydrogens is 316 g/mol. The molecule has 0 aromatic heterocycles. The predicted octanol–water partition coefficient (Wildman–Crippen LogP) is 4.00. The second-order valence-electron chi connectivity index (χ2n) is 7.06. The zero-order valence-corrected chi connectivity index (χ0v) is 15.6. The lowest BCUT2D eigenvalue weighted by Gasteiger charge is -2.27. The van der Waals surface area contributed by atoms with Gasteiger partial charge in [-0.1, -0.05) is 19.9 Å². The molecule has 0 bridgehead atoms. The highest BCUT2D eigenvalue weighted by Gasteiger charge is 2.37. The van der Waals surface area contributed by atoms with Crippen molar-refractivity contribution in [3.05, 3.63) is 30.9 Å². The summed E-state index contributed by atoms with van der Waals surface area (Å²) < 4.78 is 5.90. The molecule has 1 heterocycles. The SMILES string of the molecule is C=CCN1C(=O)C(C)(C)COc2cc(NC(=O)C(CC)CC)ccc21. The van der Waals surface area contributed by atoms with Gasteiger partial charge in [-0.15, -0.1) is 6.58 Å². The number of anilines is 2. The van der Waals surface area contributed by atoms with Crippen LogP contribution in [0.2, 0.25) is 0 Å². The maximum Gasteiger partial charge on any atom is 0.236 e. The molecule has 2 rings (SSSR count). The molecule has 5 heteroatoms. The molecule has 0 atom stereocenters. The predicted molar refractivity (Wildman–Crippen MR) is 101 cm³/mol. The van der Waals surface area contributed by atoms with Gasteiger partial charge in [0.1, 0.15) is 12.4 Å². The third kappa shape index (κ3) is 4.03. The Morgan fingerprint density at radius 2 is 2.08 bits per heavy atom. The molecular formula is C20H28N2O3. The fraction of sp³-hybridized carbons (Fsp3) is 0.500. The number of amides is 2. The van der Waals surface area contributed by atoms with Crippen LogP contribution in [0.1, 0.15) is 40.5 Å². The third-order valence-corrected chi connectivity index (χ3v) is 4.60. The first-order chi connectivity index (χ1) is 11.8. The summed E-state index contributed by atoms with van der Waals surface area (Å²) in [7, 11) is 0. The van der Waals surface area contributed by atoms with E-state index in [9.17, 15) is 9.59 Å². The number of nitrogens with one attached hydrogen (secondary N) is 1. The first-order valence-electron chi connectivity index (χ1n) is 8.84. The van der Waals surface area contributed by atoms with E-state index in [1.54, 1.807) is 17.0 Å². The minimum atomic E-state index is -0.624. The van der Waals surface area contributed by atoms with E-state index >= 15 is 0 Å². The van der Waals surface area contributed by atoms with E-state index in [2.05, 4.69) is 11.9 Å². The molecule has 0 fully saturated rings. The van der Waals surface area contributed by atoms with E-state index in [0.717, 1.165) is 12.8 Å². The smallest absolute Gasteiger partial charge is 0.236 e. The summed E-state index contributed by atoms with van der Waals surface area (Å²) in [6.45, 7) is 12.2. The minimum Gasteiger partial charge on any atom is -0.490 e. The summed E-state index contributed by atoms with van der Waals surface area (Å²) in [4.78, 5) is 26.8. The van der Waals surface area contributed by atoms with Gasteiger partial charge in [0.15, 0.2) is 0 Å². The molecule has 5 nitrogen and oxygen atoms in total. The lowest BCUT2D eigenvalue weighted by molar-refractivity contribution is -0.127. The van der Waals surface area contributed by atoms with Crippen molar-refractivity contribution in [3.8, 4) is 5.75 Å². The largest absolute Gasteiger partial charge is 0.490 e. The number of hydrogen-bond donors (Lipinski definition) is 1. The van der Waals surface area contributed by atoms with Crippen LogP contribution >= 0.6 is 0 Å². The molecule has 0 saturated heterocycles. The van der Waals surface area contributed by atoms with Crippen molar-refractivity contribution in [2.75, 3.05) is 23.4 Å². The second kappa shape index (κ2) is 7.72. The van der Waals surface area contributed by atoms with Crippen LogP contribution < -0.4 is 15.0 Å². The van der Waals surface area contributed by atoms with Crippen molar-refractivity contribution in [1.82, 2.24) is 0 Å². The van der Waals surface area contributed by atoms with Crippen LogP contribution in [-0.2, 0) is 9.59 Å². The average Bonchev–Trinajstić information content (AvgIpc) is 2.67. The van der Waals surface area contributed by atoms with Gasteiger partial charge in [0, 0.05) is 24.2 Å². The highest BCUT2D eigenvalue weighted by Crippen LogP contribution is 2.38. The zero-order chi connectivity index (χ0) is 18.6. The molecule has 2 amide bonds. The van der Waals surface area contributed by atoms with E-state index in [4.69, 9.17) is 4.74 Å². The van der Waals surface area contributed by atoms with Gasteiger partial charge in [-0.3, -0.25) is 9.59 Å². The lowest BCUT2D eigenvalue weighted by atomic mass is 9.93. The Bertz CT molecular complexity index is 663. The van der Waals surface area contributed by atoms with Gasteiger partial charge in [0.25, 0.3) is 0 Å². The highest BCUT2D eigenvalue weighted by molar-refractivity contribution is 6.00. The molecule has 25 heavy (non-hydrogen) atoms. The van der Waals surface area contributed by atoms with E-state index < -0.39 is 5.41 Å². The van der Waals surface area contributed by atoms with Crippen LogP contribution in [0.15, 0.2) is 30.9 Å². The fourth-order valence-corrected chi connectivity index (χ4v) is 2.94. The molecule has 1 aromatic carbocycles. The summed E-state index contributed by atoms with van der Waals surface area (Å²) in [5.41, 5.74) is 0.762. The summed E-state index contributed by atoms with van der Waals surface area (Å²) in [6.07, 6.45) is 3.31. The summed E-state index contributed by atoms with van der Waals surface area (Å²) in [5, 5.41) is 2.95. The zero-order valence-electron chi connectivity index (χ0n) is 15.6. The minimum absolute atomic E-state index is 0.0000319. The van der Waals surface area contributed by atoms with Gasteiger partial charge in [0.05, 0.1) is 11.1 Å². The molecule has 136 valence electrons. The maximum absolute atomic E-state index is 12.8. The van der Waals surface area contributed by atoms with Crippen molar-refractivity contribution >= 4 is 23.2 Å². The highest BCUT2D eigenvalue weighted by atomic mass is 16.5. The number of fused-ring (bicyclic) bond motifs is 1. The van der Waals surface area contributed by atoms with Gasteiger partial charge in [-0.2, -0.15) is 0 Å². The average molecular weight is 344 g/mol. The van der Waals surface area contributed by atoms with Crippen molar-refractivity contribution < 1.29 is 14.3 Å². The molecule has 1 aliphatic heterocycles. The van der Waals surface area contributed by atoms with E-state index in [-0.39, 0.29) is 24.3 Å². The molecule has 0 radical (unpaired) electrons. The van der Waals surface area contributed by atoms with Crippen LogP contribution in [0.3, 0.4) is 0 Å². The first-order valence-corrected chi connectivity index (χ1v) is 8.84. The number of carbonyl (C=O) groups is 2. The summed E-state index contributed by atoms with van der Waals surface area (Å²) in [5.74, 6) is 0.610. The number of carbonyl (C=O) groups excluding carboxylic acids is 2. The molecule has 0 saturated carbocycles. The van der Waals surface area contributed by atoms with Gasteiger partial charge in [-0.05, 0) is 38.8 Å². The van der Waals surface area contributed by atoms with Crippen molar-refractivity contribution in [2.45, 2.75) is 40.5 Å². The third-order valence-electron chi connectivity index (χ3n) is 4.60. The Kier molecular flexibility index (Phi) is 5.88. The van der Waals surface area contributed by atoms with Crippen LogP contribution in [-0.4, -0.2) is 25.0 Å². The summed E-state index contributed by atoms with van der Waals surface area (Å²) in [6, 6.07) is 5.42. The van der Waals surface area contributed by atoms with Gasteiger partial charge >= 0.3 is 0 Å². The number of rotatable bonds is 6. The molecule has 1 aliphatic rings. The van der Waals surface area contributed by atoms with Crippen molar-refractivity contribution in [3.63, 3.8) is 0 Å². The van der Waals surface area contributed by atoms with E-state index in [1.807, 2.05) is 39.8 Å². The van der Waals surface area contributed by atoms with Crippen LogP contribution in [0.4, 0.5) is 11.4 Å². The quantitative estimate of drug-likeness (QED) is 0.794. The Labute approximate surface area is 150 Å². The lowest BCUT2D eigenvalue weighted by Crippen LogP contribution is -2.42. The van der Waals surface area contributed by atoms with Crippen LogP contribution in [0.5, 0.6) is 5.75 Å².